The molecule has 0 saturated carbocycles. The summed E-state index contributed by atoms with van der Waals surface area (Å²) < 4.78 is 6.90. The van der Waals surface area contributed by atoms with Gasteiger partial charge < -0.3 is 4.74 Å². The molecule has 0 aromatic heterocycles. The van der Waals surface area contributed by atoms with Gasteiger partial charge in [-0.1, -0.05) is 54.0 Å². The van der Waals surface area contributed by atoms with E-state index in [9.17, 15) is 0 Å². The Labute approximate surface area is 117 Å². The first-order valence-corrected chi connectivity index (χ1v) is 6.91. The maximum atomic E-state index is 5.82. The van der Waals surface area contributed by atoms with E-state index in [4.69, 9.17) is 4.74 Å². The summed E-state index contributed by atoms with van der Waals surface area (Å²) in [6.45, 7) is 4.97. The monoisotopic (exact) mass is 304 g/mol. The number of benzene rings is 2. The predicted octanol–water partition coefficient (Wildman–Crippen LogP) is 5.15. The first kappa shape index (κ1) is 13.2. The fourth-order valence-electron chi connectivity index (χ4n) is 1.76. The highest BCUT2D eigenvalue weighted by molar-refractivity contribution is 9.10. The molecule has 0 atom stereocenters. The van der Waals surface area contributed by atoms with E-state index < -0.39 is 0 Å². The first-order valence-electron chi connectivity index (χ1n) is 6.12. The van der Waals surface area contributed by atoms with Gasteiger partial charge in [-0.25, -0.2) is 0 Å². The predicted molar refractivity (Wildman–Crippen MR) is 79.0 cm³/mol. The molecule has 18 heavy (non-hydrogen) atoms. The van der Waals surface area contributed by atoms with Crippen molar-refractivity contribution in [2.75, 3.05) is 0 Å². The molecule has 94 valence electrons. The van der Waals surface area contributed by atoms with E-state index in [1.807, 2.05) is 24.3 Å². The summed E-state index contributed by atoms with van der Waals surface area (Å²) in [6, 6.07) is 16.5. The molecule has 0 fully saturated rings. The number of halogens is 1. The summed E-state index contributed by atoms with van der Waals surface area (Å²) in [5.41, 5.74) is 2.47. The summed E-state index contributed by atoms with van der Waals surface area (Å²) in [5.74, 6) is 1.46. The smallest absolute Gasteiger partial charge is 0.120 e. The molecule has 0 radical (unpaired) electrons. The van der Waals surface area contributed by atoms with Crippen LogP contribution in [0.3, 0.4) is 0 Å². The van der Waals surface area contributed by atoms with Gasteiger partial charge in [0.25, 0.3) is 0 Å². The van der Waals surface area contributed by atoms with Gasteiger partial charge in [0.05, 0.1) is 0 Å². The van der Waals surface area contributed by atoms with E-state index in [0.717, 1.165) is 10.2 Å². The van der Waals surface area contributed by atoms with Crippen molar-refractivity contribution in [1.82, 2.24) is 0 Å². The van der Waals surface area contributed by atoms with E-state index >= 15 is 0 Å². The van der Waals surface area contributed by atoms with Crippen molar-refractivity contribution < 1.29 is 4.74 Å². The molecular formula is C16H17BrO. The highest BCUT2D eigenvalue weighted by Crippen LogP contribution is 2.21. The summed E-state index contributed by atoms with van der Waals surface area (Å²) in [4.78, 5) is 0. The van der Waals surface area contributed by atoms with Gasteiger partial charge >= 0.3 is 0 Å². The lowest BCUT2D eigenvalue weighted by Crippen LogP contribution is -1.96. The second-order valence-corrected chi connectivity index (χ2v) is 5.56. The Morgan fingerprint density at radius 3 is 2.56 bits per heavy atom. The lowest BCUT2D eigenvalue weighted by atomic mass is 10.0. The van der Waals surface area contributed by atoms with Crippen LogP contribution in [0.4, 0.5) is 0 Å². The molecule has 0 saturated heterocycles. The summed E-state index contributed by atoms with van der Waals surface area (Å²) in [6.07, 6.45) is 0. The van der Waals surface area contributed by atoms with Crippen LogP contribution in [0.15, 0.2) is 53.0 Å². The number of hydrogen-bond donors (Lipinski definition) is 0. The van der Waals surface area contributed by atoms with Crippen molar-refractivity contribution in [3.05, 3.63) is 64.1 Å². The van der Waals surface area contributed by atoms with Crippen LogP contribution >= 0.6 is 15.9 Å². The summed E-state index contributed by atoms with van der Waals surface area (Å²) >= 11 is 3.46. The van der Waals surface area contributed by atoms with Gasteiger partial charge in [-0.05, 0) is 41.3 Å². The zero-order valence-corrected chi connectivity index (χ0v) is 12.3. The Balaban J connectivity index is 2.04. The van der Waals surface area contributed by atoms with Crippen LogP contribution in [-0.2, 0) is 6.61 Å². The zero-order valence-electron chi connectivity index (χ0n) is 10.7. The zero-order chi connectivity index (χ0) is 13.0. The van der Waals surface area contributed by atoms with Crippen LogP contribution in [0.2, 0.25) is 0 Å². The molecule has 2 aromatic rings. The van der Waals surface area contributed by atoms with E-state index in [-0.39, 0.29) is 0 Å². The van der Waals surface area contributed by atoms with Gasteiger partial charge in [-0.3, -0.25) is 0 Å². The SMILES string of the molecule is CC(C)c1cccc(OCc2cccc(Br)c2)c1. The Kier molecular flexibility index (Phi) is 4.43. The van der Waals surface area contributed by atoms with Crippen LogP contribution in [0.1, 0.15) is 30.9 Å². The van der Waals surface area contributed by atoms with Gasteiger partial charge in [0, 0.05) is 4.47 Å². The summed E-state index contributed by atoms with van der Waals surface area (Å²) in [5, 5.41) is 0. The Hall–Kier alpha value is -1.28. The van der Waals surface area contributed by atoms with Crippen LogP contribution in [0, 0.1) is 0 Å². The van der Waals surface area contributed by atoms with E-state index in [2.05, 4.69) is 54.0 Å². The standard InChI is InChI=1S/C16H17BrO/c1-12(2)14-6-4-8-16(10-14)18-11-13-5-3-7-15(17)9-13/h3-10,12H,11H2,1-2H3. The van der Waals surface area contributed by atoms with E-state index in [0.29, 0.717) is 12.5 Å². The van der Waals surface area contributed by atoms with Gasteiger partial charge in [-0.15, -0.1) is 0 Å². The third-order valence-electron chi connectivity index (χ3n) is 2.82. The lowest BCUT2D eigenvalue weighted by molar-refractivity contribution is 0.305. The lowest BCUT2D eigenvalue weighted by Gasteiger charge is -2.10. The summed E-state index contributed by atoms with van der Waals surface area (Å²) in [7, 11) is 0. The van der Waals surface area contributed by atoms with E-state index in [1.165, 1.54) is 11.1 Å². The third kappa shape index (κ3) is 3.61. The molecule has 2 rings (SSSR count). The normalized spacial score (nSPS) is 10.7. The average Bonchev–Trinajstić information content (AvgIpc) is 2.37. The molecule has 1 nitrogen and oxygen atoms in total. The third-order valence-corrected chi connectivity index (χ3v) is 3.31. The molecule has 0 aliphatic heterocycles. The quantitative estimate of drug-likeness (QED) is 0.759. The second-order valence-electron chi connectivity index (χ2n) is 4.65. The van der Waals surface area contributed by atoms with Crippen molar-refractivity contribution in [2.45, 2.75) is 26.4 Å². The molecule has 0 aliphatic rings. The first-order chi connectivity index (χ1) is 8.65. The molecule has 0 bridgehead atoms. The fourth-order valence-corrected chi connectivity index (χ4v) is 2.20. The number of rotatable bonds is 4. The number of ether oxygens (including phenoxy) is 1. The second kappa shape index (κ2) is 6.05. The van der Waals surface area contributed by atoms with Crippen LogP contribution < -0.4 is 4.74 Å². The molecule has 0 aliphatic carbocycles. The molecule has 2 heteroatoms. The topological polar surface area (TPSA) is 9.23 Å². The Bertz CT molecular complexity index is 520. The van der Waals surface area contributed by atoms with Gasteiger partial charge in [0.15, 0.2) is 0 Å². The minimum absolute atomic E-state index is 0.527. The van der Waals surface area contributed by atoms with Gasteiger partial charge in [-0.2, -0.15) is 0 Å². The van der Waals surface area contributed by atoms with Gasteiger partial charge in [0.2, 0.25) is 0 Å². The fraction of sp³-hybridized carbons (Fsp3) is 0.250. The molecule has 0 N–H and O–H groups in total. The minimum atomic E-state index is 0.527. The van der Waals surface area contributed by atoms with Gasteiger partial charge in [0.1, 0.15) is 12.4 Å². The van der Waals surface area contributed by atoms with E-state index in [1.54, 1.807) is 0 Å². The molecule has 0 unspecified atom stereocenters. The molecule has 0 amide bonds. The van der Waals surface area contributed by atoms with Crippen molar-refractivity contribution >= 4 is 15.9 Å². The highest BCUT2D eigenvalue weighted by Gasteiger charge is 2.01. The molecular weight excluding hydrogens is 288 g/mol. The Morgan fingerprint density at radius 1 is 1.06 bits per heavy atom. The van der Waals surface area contributed by atoms with Crippen molar-refractivity contribution in [1.29, 1.82) is 0 Å². The van der Waals surface area contributed by atoms with Crippen molar-refractivity contribution in [3.63, 3.8) is 0 Å². The highest BCUT2D eigenvalue weighted by atomic mass is 79.9. The minimum Gasteiger partial charge on any atom is -0.489 e. The largest absolute Gasteiger partial charge is 0.489 e. The maximum absolute atomic E-state index is 5.82. The van der Waals surface area contributed by atoms with Crippen LogP contribution in [-0.4, -0.2) is 0 Å². The molecule has 2 aromatic carbocycles. The number of hydrogen-bond acceptors (Lipinski definition) is 1. The average molecular weight is 305 g/mol. The van der Waals surface area contributed by atoms with Crippen LogP contribution in [0.5, 0.6) is 5.75 Å². The Morgan fingerprint density at radius 2 is 1.83 bits per heavy atom. The maximum Gasteiger partial charge on any atom is 0.120 e. The van der Waals surface area contributed by atoms with Crippen molar-refractivity contribution in [3.8, 4) is 5.75 Å². The van der Waals surface area contributed by atoms with Crippen LogP contribution in [0.25, 0.3) is 0 Å². The molecule has 0 heterocycles. The van der Waals surface area contributed by atoms with Crippen molar-refractivity contribution in [2.24, 2.45) is 0 Å². The molecule has 0 spiro atoms.